The molecule has 1 fully saturated rings. The van der Waals surface area contributed by atoms with Crippen LogP contribution in [-0.2, 0) is 4.79 Å². The predicted octanol–water partition coefficient (Wildman–Crippen LogP) is 5.04. The number of nitrogens with one attached hydrogen (secondary N) is 1. The molecule has 1 spiro atoms. The standard InChI is InChI=1S/C30H34N4O3/c1-3-29-12-5-4-7-20-10-11-25-23(15-20)24(17-30(37-25)13-14-30)32-27(36)22-9-6-8-21(16-22)19(2)34(26(35)18-29)28(31)33-29/h4,6-11,15-16,19,24H,3,5,12-14,17-18H2,1-2H3,(H2,31,33)(H,32,36)/b7-4+/t19-,24?,29-/m1/s1. The van der Waals surface area contributed by atoms with Crippen LogP contribution in [0, 0.1) is 0 Å². The van der Waals surface area contributed by atoms with Crippen molar-refractivity contribution in [1.29, 1.82) is 0 Å². The van der Waals surface area contributed by atoms with Gasteiger partial charge in [-0.2, -0.15) is 0 Å². The van der Waals surface area contributed by atoms with Crippen molar-refractivity contribution in [2.24, 2.45) is 10.7 Å². The Morgan fingerprint density at radius 2 is 2.00 bits per heavy atom. The van der Waals surface area contributed by atoms with Gasteiger partial charge in [0.2, 0.25) is 5.91 Å². The molecule has 0 saturated heterocycles. The summed E-state index contributed by atoms with van der Waals surface area (Å²) in [6.07, 6.45) is 9.63. The van der Waals surface area contributed by atoms with Crippen molar-refractivity contribution < 1.29 is 14.3 Å². The van der Waals surface area contributed by atoms with Crippen LogP contribution < -0.4 is 15.8 Å². The summed E-state index contributed by atoms with van der Waals surface area (Å²) in [4.78, 5) is 33.3. The third-order valence-corrected chi connectivity index (χ3v) is 8.54. The summed E-state index contributed by atoms with van der Waals surface area (Å²) in [5.41, 5.74) is 9.25. The van der Waals surface area contributed by atoms with Crippen molar-refractivity contribution in [3.63, 3.8) is 0 Å². The summed E-state index contributed by atoms with van der Waals surface area (Å²) in [5.74, 6) is 0.949. The SMILES string of the molecule is CC[C@@]12CC/C=C/c3ccc4c(c3)C(CC3(CC3)O4)NC(=O)c3cccc(c3)[C@@H](C)N(C(=O)C1)C(N)=N2. The van der Waals surface area contributed by atoms with Gasteiger partial charge in [-0.25, -0.2) is 4.99 Å². The smallest absolute Gasteiger partial charge is 0.251 e. The molecule has 7 rings (SSSR count). The number of ether oxygens (including phenoxy) is 1. The molecule has 1 saturated carbocycles. The lowest BCUT2D eigenvalue weighted by Gasteiger charge is -2.39. The van der Waals surface area contributed by atoms with Crippen LogP contribution in [0.5, 0.6) is 5.75 Å². The minimum atomic E-state index is -0.498. The fraction of sp³-hybridized carbons (Fsp3) is 0.433. The van der Waals surface area contributed by atoms with Crippen LogP contribution in [0.25, 0.3) is 6.08 Å². The first-order valence-corrected chi connectivity index (χ1v) is 13.4. The number of aliphatic imine (C=N–C) groups is 1. The molecule has 4 aliphatic heterocycles. The van der Waals surface area contributed by atoms with E-state index in [4.69, 9.17) is 15.5 Å². The average Bonchev–Trinajstić information content (AvgIpc) is 3.63. The summed E-state index contributed by atoms with van der Waals surface area (Å²) in [5, 5.41) is 3.28. The van der Waals surface area contributed by atoms with E-state index in [0.29, 0.717) is 12.0 Å². The zero-order chi connectivity index (χ0) is 25.8. The van der Waals surface area contributed by atoms with E-state index >= 15 is 0 Å². The normalized spacial score (nSPS) is 29.0. The Morgan fingerprint density at radius 1 is 1.16 bits per heavy atom. The minimum absolute atomic E-state index is 0.0287. The molecule has 6 bridgehead atoms. The van der Waals surface area contributed by atoms with Crippen molar-refractivity contribution in [2.45, 2.75) is 82.0 Å². The van der Waals surface area contributed by atoms with Crippen LogP contribution >= 0.6 is 0 Å². The van der Waals surface area contributed by atoms with Gasteiger partial charge in [-0.3, -0.25) is 14.5 Å². The monoisotopic (exact) mass is 498 g/mol. The number of amides is 2. The van der Waals surface area contributed by atoms with Crippen LogP contribution in [0.2, 0.25) is 0 Å². The number of carbonyl (C=O) groups excluding carboxylic acids is 2. The molecule has 5 aliphatic rings. The van der Waals surface area contributed by atoms with Crippen LogP contribution in [0.3, 0.4) is 0 Å². The number of fused-ring (bicyclic) bond motifs is 4. The van der Waals surface area contributed by atoms with Crippen molar-refractivity contribution in [3.05, 3.63) is 70.8 Å². The molecule has 1 unspecified atom stereocenters. The van der Waals surface area contributed by atoms with Crippen LogP contribution in [0.1, 0.15) is 97.9 Å². The molecule has 37 heavy (non-hydrogen) atoms. The molecule has 0 aromatic heterocycles. The number of nitrogens with zero attached hydrogens (tertiary/aromatic N) is 2. The first-order valence-electron chi connectivity index (χ1n) is 13.4. The molecule has 3 atom stereocenters. The topological polar surface area (TPSA) is 97.0 Å². The largest absolute Gasteiger partial charge is 0.487 e. The van der Waals surface area contributed by atoms with Gasteiger partial charge in [0, 0.05) is 17.5 Å². The van der Waals surface area contributed by atoms with Crippen molar-refractivity contribution >= 4 is 23.8 Å². The Labute approximate surface area is 217 Å². The maximum atomic E-state index is 13.5. The van der Waals surface area contributed by atoms with Crippen LogP contribution in [0.4, 0.5) is 0 Å². The molecule has 4 heterocycles. The maximum absolute atomic E-state index is 13.5. The zero-order valence-corrected chi connectivity index (χ0v) is 21.5. The lowest BCUT2D eigenvalue weighted by Crippen LogP contribution is -2.52. The second-order valence-electron chi connectivity index (χ2n) is 11.0. The van der Waals surface area contributed by atoms with E-state index < -0.39 is 5.54 Å². The van der Waals surface area contributed by atoms with Crippen molar-refractivity contribution in [2.75, 3.05) is 0 Å². The summed E-state index contributed by atoms with van der Waals surface area (Å²) >= 11 is 0. The molecule has 2 aromatic carbocycles. The van der Waals surface area contributed by atoms with E-state index in [2.05, 4.69) is 36.5 Å². The molecule has 0 radical (unpaired) electrons. The molecule has 7 heteroatoms. The van der Waals surface area contributed by atoms with E-state index in [1.165, 1.54) is 0 Å². The van der Waals surface area contributed by atoms with Gasteiger partial charge in [0.05, 0.1) is 24.0 Å². The second-order valence-corrected chi connectivity index (χ2v) is 11.0. The summed E-state index contributed by atoms with van der Waals surface area (Å²) in [6, 6.07) is 13.2. The number of hydrogen-bond donors (Lipinski definition) is 2. The summed E-state index contributed by atoms with van der Waals surface area (Å²) in [6.45, 7) is 4.00. The van der Waals surface area contributed by atoms with E-state index in [-0.39, 0.29) is 35.5 Å². The van der Waals surface area contributed by atoms with Gasteiger partial charge in [0.1, 0.15) is 11.4 Å². The van der Waals surface area contributed by atoms with Gasteiger partial charge < -0.3 is 15.8 Å². The molecular weight excluding hydrogens is 464 g/mol. The molecule has 1 aliphatic carbocycles. The fourth-order valence-electron chi connectivity index (χ4n) is 6.04. The third-order valence-electron chi connectivity index (χ3n) is 8.54. The highest BCUT2D eigenvalue weighted by atomic mass is 16.5. The van der Waals surface area contributed by atoms with Gasteiger partial charge >= 0.3 is 0 Å². The Kier molecular flexibility index (Phi) is 5.62. The van der Waals surface area contributed by atoms with Crippen molar-refractivity contribution in [3.8, 4) is 5.75 Å². The number of guanidine groups is 1. The van der Waals surface area contributed by atoms with Gasteiger partial charge in [0.25, 0.3) is 5.91 Å². The Hall–Kier alpha value is -3.61. The molecule has 3 N–H and O–H groups in total. The quantitative estimate of drug-likeness (QED) is 0.576. The second kappa shape index (κ2) is 8.75. The number of nitrogens with two attached hydrogens (primary N) is 1. The lowest BCUT2D eigenvalue weighted by atomic mass is 9.85. The fourth-order valence-corrected chi connectivity index (χ4v) is 6.04. The van der Waals surface area contributed by atoms with E-state index in [0.717, 1.165) is 61.0 Å². The lowest BCUT2D eigenvalue weighted by molar-refractivity contribution is -0.131. The van der Waals surface area contributed by atoms with Crippen LogP contribution in [-0.4, -0.2) is 33.8 Å². The Morgan fingerprint density at radius 3 is 2.76 bits per heavy atom. The highest BCUT2D eigenvalue weighted by molar-refractivity contribution is 6.00. The summed E-state index contributed by atoms with van der Waals surface area (Å²) < 4.78 is 6.36. The number of benzene rings is 2. The summed E-state index contributed by atoms with van der Waals surface area (Å²) in [7, 11) is 0. The predicted molar refractivity (Wildman–Crippen MR) is 143 cm³/mol. The number of hydrogen-bond acceptors (Lipinski definition) is 5. The maximum Gasteiger partial charge on any atom is 0.251 e. The van der Waals surface area contributed by atoms with Crippen molar-refractivity contribution in [1.82, 2.24) is 10.2 Å². The molecule has 7 nitrogen and oxygen atoms in total. The van der Waals surface area contributed by atoms with Crippen LogP contribution in [0.15, 0.2) is 53.5 Å². The van der Waals surface area contributed by atoms with Gasteiger partial charge in [-0.15, -0.1) is 0 Å². The molecule has 2 aromatic rings. The highest BCUT2D eigenvalue weighted by Crippen LogP contribution is 2.52. The molecule has 192 valence electrons. The molecule has 2 amide bonds. The third kappa shape index (κ3) is 4.30. The minimum Gasteiger partial charge on any atom is -0.487 e. The highest BCUT2D eigenvalue weighted by Gasteiger charge is 2.51. The average molecular weight is 499 g/mol. The van der Waals surface area contributed by atoms with Gasteiger partial charge in [-0.05, 0) is 74.4 Å². The number of rotatable bonds is 1. The van der Waals surface area contributed by atoms with E-state index in [1.54, 1.807) is 4.90 Å². The first kappa shape index (κ1) is 23.8. The Bertz CT molecular complexity index is 1330. The molecular formula is C30H34N4O3. The first-order chi connectivity index (χ1) is 17.8. The van der Waals surface area contributed by atoms with E-state index in [9.17, 15) is 9.59 Å². The van der Waals surface area contributed by atoms with Gasteiger partial charge in [-0.1, -0.05) is 37.3 Å². The Balaban J connectivity index is 1.42. The zero-order valence-electron chi connectivity index (χ0n) is 21.5. The number of allylic oxidation sites excluding steroid dienone is 1. The van der Waals surface area contributed by atoms with Gasteiger partial charge in [0.15, 0.2) is 5.96 Å². The van der Waals surface area contributed by atoms with E-state index in [1.807, 2.05) is 37.3 Å². The number of carbonyl (C=O) groups is 2.